The molecule has 2 N–H and O–H groups in total. The molecule has 0 aliphatic heterocycles. The lowest BCUT2D eigenvalue weighted by Crippen LogP contribution is -2.37. The van der Waals surface area contributed by atoms with Gasteiger partial charge >= 0.3 is 6.03 Å². The van der Waals surface area contributed by atoms with E-state index in [0.29, 0.717) is 0 Å². The molecule has 2 amide bonds. The Morgan fingerprint density at radius 1 is 1.05 bits per heavy atom. The quantitative estimate of drug-likeness (QED) is 0.872. The van der Waals surface area contributed by atoms with E-state index >= 15 is 0 Å². The first-order valence-corrected chi connectivity index (χ1v) is 7.22. The third-order valence-electron chi connectivity index (χ3n) is 3.28. The number of hydrogen-bond acceptors (Lipinski definition) is 1. The maximum Gasteiger partial charge on any atom is 0.319 e. The summed E-state index contributed by atoms with van der Waals surface area (Å²) in [5.41, 5.74) is 4.41. The van der Waals surface area contributed by atoms with Gasteiger partial charge in [-0.25, -0.2) is 4.79 Å². The minimum atomic E-state index is -0.166. The van der Waals surface area contributed by atoms with Gasteiger partial charge in [0.05, 0.1) is 0 Å². The Morgan fingerprint density at radius 3 is 2.38 bits per heavy atom. The summed E-state index contributed by atoms with van der Waals surface area (Å²) in [5.74, 6) is 0. The topological polar surface area (TPSA) is 41.1 Å². The van der Waals surface area contributed by atoms with Crippen LogP contribution in [-0.4, -0.2) is 12.1 Å². The molecule has 0 saturated carbocycles. The summed E-state index contributed by atoms with van der Waals surface area (Å²) < 4.78 is 0. The third-order valence-corrected chi connectivity index (χ3v) is 3.28. The highest BCUT2D eigenvalue weighted by Gasteiger charge is 2.08. The summed E-state index contributed by atoms with van der Waals surface area (Å²) in [5, 5.41) is 5.83. The van der Waals surface area contributed by atoms with E-state index in [1.165, 1.54) is 11.1 Å². The number of hydrogen-bond donors (Lipinski definition) is 2. The molecule has 0 fully saturated rings. The first-order valence-electron chi connectivity index (χ1n) is 7.22. The zero-order valence-electron chi connectivity index (χ0n) is 12.8. The highest BCUT2D eigenvalue weighted by molar-refractivity contribution is 5.89. The van der Waals surface area contributed by atoms with E-state index in [2.05, 4.69) is 35.8 Å². The van der Waals surface area contributed by atoms with Gasteiger partial charge < -0.3 is 10.6 Å². The molecule has 3 nitrogen and oxygen atoms in total. The molecule has 0 aliphatic rings. The van der Waals surface area contributed by atoms with Gasteiger partial charge in [0.15, 0.2) is 0 Å². The Hall–Kier alpha value is -2.29. The van der Waals surface area contributed by atoms with E-state index < -0.39 is 0 Å². The van der Waals surface area contributed by atoms with Crippen molar-refractivity contribution in [2.75, 3.05) is 5.32 Å². The molecule has 0 aliphatic carbocycles. The van der Waals surface area contributed by atoms with E-state index in [9.17, 15) is 4.79 Å². The van der Waals surface area contributed by atoms with Crippen molar-refractivity contribution in [1.29, 1.82) is 0 Å². The molecule has 0 saturated heterocycles. The predicted molar refractivity (Wildman–Crippen MR) is 87.7 cm³/mol. The van der Waals surface area contributed by atoms with Crippen molar-refractivity contribution in [2.45, 2.75) is 33.2 Å². The van der Waals surface area contributed by atoms with Crippen molar-refractivity contribution in [3.8, 4) is 0 Å². The Kier molecular flexibility index (Phi) is 4.99. The maximum absolute atomic E-state index is 12.0. The molecule has 1 atom stereocenters. The van der Waals surface area contributed by atoms with Crippen LogP contribution in [0.4, 0.5) is 10.5 Å². The molecule has 0 spiro atoms. The van der Waals surface area contributed by atoms with Gasteiger partial charge in [0.1, 0.15) is 0 Å². The molecule has 2 aromatic rings. The molecule has 3 heteroatoms. The summed E-state index contributed by atoms with van der Waals surface area (Å²) in [6.45, 7) is 6.09. The van der Waals surface area contributed by atoms with Crippen LogP contribution in [0.1, 0.15) is 23.6 Å². The normalized spacial score (nSPS) is 11.8. The van der Waals surface area contributed by atoms with Crippen molar-refractivity contribution in [3.63, 3.8) is 0 Å². The van der Waals surface area contributed by atoms with Crippen molar-refractivity contribution in [2.24, 2.45) is 0 Å². The SMILES string of the molecule is Cc1cccc(CC(C)NC(=O)Nc2cccc(C)c2)c1. The van der Waals surface area contributed by atoms with Crippen LogP contribution in [0, 0.1) is 13.8 Å². The van der Waals surface area contributed by atoms with E-state index in [-0.39, 0.29) is 12.1 Å². The van der Waals surface area contributed by atoms with Crippen LogP contribution in [0.25, 0.3) is 0 Å². The van der Waals surface area contributed by atoms with Gasteiger partial charge in [-0.3, -0.25) is 0 Å². The lowest BCUT2D eigenvalue weighted by molar-refractivity contribution is 0.249. The van der Waals surface area contributed by atoms with Crippen molar-refractivity contribution >= 4 is 11.7 Å². The lowest BCUT2D eigenvalue weighted by atomic mass is 10.1. The summed E-state index contributed by atoms with van der Waals surface area (Å²) in [6, 6.07) is 16.0. The summed E-state index contributed by atoms with van der Waals surface area (Å²) in [6.07, 6.45) is 0.822. The standard InChI is InChI=1S/C18H22N2O/c1-13-6-4-8-16(10-13)12-15(3)19-18(21)20-17-9-5-7-14(2)11-17/h4-11,15H,12H2,1-3H3,(H2,19,20,21). The molecular weight excluding hydrogens is 260 g/mol. The van der Waals surface area contributed by atoms with Gasteiger partial charge in [-0.1, -0.05) is 42.0 Å². The number of carbonyl (C=O) groups is 1. The molecule has 0 heterocycles. The molecular formula is C18H22N2O. The Labute approximate surface area is 126 Å². The molecule has 1 unspecified atom stereocenters. The second-order valence-electron chi connectivity index (χ2n) is 5.56. The van der Waals surface area contributed by atoms with Gasteiger partial charge in [0, 0.05) is 11.7 Å². The zero-order chi connectivity index (χ0) is 15.2. The van der Waals surface area contributed by atoms with Gasteiger partial charge in [-0.05, 0) is 50.5 Å². The highest BCUT2D eigenvalue weighted by atomic mass is 16.2. The molecule has 2 rings (SSSR count). The third kappa shape index (κ3) is 4.95. The van der Waals surface area contributed by atoms with Crippen LogP contribution in [-0.2, 0) is 6.42 Å². The number of aryl methyl sites for hydroxylation is 2. The molecule has 0 radical (unpaired) electrons. The molecule has 0 bridgehead atoms. The van der Waals surface area contributed by atoms with Crippen LogP contribution in [0.3, 0.4) is 0 Å². The van der Waals surface area contributed by atoms with Gasteiger partial charge in [0.2, 0.25) is 0 Å². The predicted octanol–water partition coefficient (Wildman–Crippen LogP) is 4.06. The first-order chi connectivity index (χ1) is 10.0. The first kappa shape index (κ1) is 15.1. The summed E-state index contributed by atoms with van der Waals surface area (Å²) in [7, 11) is 0. The fourth-order valence-electron chi connectivity index (χ4n) is 2.36. The van der Waals surface area contributed by atoms with E-state index in [1.54, 1.807) is 0 Å². The number of amides is 2. The van der Waals surface area contributed by atoms with E-state index in [1.807, 2.05) is 44.2 Å². The maximum atomic E-state index is 12.0. The number of anilines is 1. The van der Waals surface area contributed by atoms with Crippen LogP contribution < -0.4 is 10.6 Å². The molecule has 2 aromatic carbocycles. The van der Waals surface area contributed by atoms with Gasteiger partial charge in [-0.2, -0.15) is 0 Å². The average molecular weight is 282 g/mol. The monoisotopic (exact) mass is 282 g/mol. The Morgan fingerprint density at radius 2 is 1.71 bits per heavy atom. The number of carbonyl (C=O) groups excluding carboxylic acids is 1. The largest absolute Gasteiger partial charge is 0.335 e. The summed E-state index contributed by atoms with van der Waals surface area (Å²) >= 11 is 0. The second-order valence-corrected chi connectivity index (χ2v) is 5.56. The van der Waals surface area contributed by atoms with Crippen LogP contribution in [0.5, 0.6) is 0 Å². The van der Waals surface area contributed by atoms with Crippen LogP contribution >= 0.6 is 0 Å². The van der Waals surface area contributed by atoms with Gasteiger partial charge in [-0.15, -0.1) is 0 Å². The fourth-order valence-corrected chi connectivity index (χ4v) is 2.36. The molecule has 0 aromatic heterocycles. The van der Waals surface area contributed by atoms with Crippen LogP contribution in [0.15, 0.2) is 48.5 Å². The average Bonchev–Trinajstić information content (AvgIpc) is 2.38. The lowest BCUT2D eigenvalue weighted by Gasteiger charge is -2.15. The van der Waals surface area contributed by atoms with Crippen LogP contribution in [0.2, 0.25) is 0 Å². The van der Waals surface area contributed by atoms with Crippen molar-refractivity contribution in [1.82, 2.24) is 5.32 Å². The molecule has 21 heavy (non-hydrogen) atoms. The number of rotatable bonds is 4. The Balaban J connectivity index is 1.87. The number of nitrogens with one attached hydrogen (secondary N) is 2. The Bertz CT molecular complexity index is 622. The van der Waals surface area contributed by atoms with E-state index in [0.717, 1.165) is 17.7 Å². The number of urea groups is 1. The highest BCUT2D eigenvalue weighted by Crippen LogP contribution is 2.10. The fraction of sp³-hybridized carbons (Fsp3) is 0.278. The zero-order valence-corrected chi connectivity index (χ0v) is 12.8. The second kappa shape index (κ2) is 6.93. The number of benzene rings is 2. The minimum Gasteiger partial charge on any atom is -0.335 e. The van der Waals surface area contributed by atoms with Crippen molar-refractivity contribution < 1.29 is 4.79 Å². The minimum absolute atomic E-state index is 0.0802. The van der Waals surface area contributed by atoms with Crippen molar-refractivity contribution in [3.05, 3.63) is 65.2 Å². The smallest absolute Gasteiger partial charge is 0.319 e. The van der Waals surface area contributed by atoms with E-state index in [4.69, 9.17) is 0 Å². The molecule has 110 valence electrons. The summed E-state index contributed by atoms with van der Waals surface area (Å²) in [4.78, 5) is 12.0. The van der Waals surface area contributed by atoms with Gasteiger partial charge in [0.25, 0.3) is 0 Å².